The molecule has 1 heterocycles. The maximum Gasteiger partial charge on any atom is 0.338 e. The van der Waals surface area contributed by atoms with Gasteiger partial charge >= 0.3 is 5.69 Å². The molecule has 0 fully saturated rings. The van der Waals surface area contributed by atoms with Crippen LogP contribution in [0.3, 0.4) is 0 Å². The molecule has 0 spiro atoms. The van der Waals surface area contributed by atoms with Gasteiger partial charge in [-0.3, -0.25) is 10.1 Å². The average Bonchev–Trinajstić information content (AvgIpc) is 2.97. The molecule has 0 radical (unpaired) electrons. The Morgan fingerprint density at radius 2 is 2.00 bits per heavy atom. The molecule has 0 unspecified atom stereocenters. The molecule has 1 aromatic heterocycles. The van der Waals surface area contributed by atoms with Gasteiger partial charge in [0.05, 0.1) is 18.1 Å². The lowest BCUT2D eigenvalue weighted by atomic mass is 10.0. The SMILES string of the molecule is C=CCc1cc(/C=C\c2onc(C)c2[N+](=O)[O-])cc(OCC)c1OCC. The van der Waals surface area contributed by atoms with Crippen LogP contribution < -0.4 is 9.47 Å². The second kappa shape index (κ2) is 8.84. The zero-order valence-corrected chi connectivity index (χ0v) is 15.2. The molecule has 0 atom stereocenters. The number of benzene rings is 1. The van der Waals surface area contributed by atoms with Crippen molar-refractivity contribution >= 4 is 17.8 Å². The second-order valence-electron chi connectivity index (χ2n) is 5.44. The maximum absolute atomic E-state index is 11.1. The molecule has 0 saturated heterocycles. The molecule has 0 aliphatic carbocycles. The quantitative estimate of drug-likeness (QED) is 0.370. The zero-order valence-electron chi connectivity index (χ0n) is 15.2. The van der Waals surface area contributed by atoms with Gasteiger partial charge in [-0.05, 0) is 51.0 Å². The first-order valence-electron chi connectivity index (χ1n) is 8.33. The molecular weight excluding hydrogens is 336 g/mol. The van der Waals surface area contributed by atoms with Crippen LogP contribution in [0, 0.1) is 17.0 Å². The molecule has 0 amide bonds. The van der Waals surface area contributed by atoms with E-state index in [1.807, 2.05) is 26.0 Å². The van der Waals surface area contributed by atoms with Gasteiger partial charge in [-0.2, -0.15) is 0 Å². The number of ether oxygens (including phenoxy) is 2. The molecule has 7 nitrogen and oxygen atoms in total. The fourth-order valence-corrected chi connectivity index (χ4v) is 2.54. The van der Waals surface area contributed by atoms with Crippen molar-refractivity contribution in [1.29, 1.82) is 0 Å². The molecular formula is C19H22N2O5. The highest BCUT2D eigenvalue weighted by molar-refractivity contribution is 5.73. The lowest BCUT2D eigenvalue weighted by Crippen LogP contribution is -2.02. The number of nitro groups is 1. The van der Waals surface area contributed by atoms with Crippen molar-refractivity contribution in [3.05, 3.63) is 57.5 Å². The molecule has 2 aromatic rings. The number of rotatable bonds is 9. The van der Waals surface area contributed by atoms with Crippen LogP contribution in [-0.4, -0.2) is 23.3 Å². The Morgan fingerprint density at radius 1 is 1.27 bits per heavy atom. The van der Waals surface area contributed by atoms with Crippen molar-refractivity contribution in [2.24, 2.45) is 0 Å². The minimum atomic E-state index is -0.502. The van der Waals surface area contributed by atoms with Crippen LogP contribution >= 0.6 is 0 Å². The van der Waals surface area contributed by atoms with E-state index in [0.29, 0.717) is 31.1 Å². The highest BCUT2D eigenvalue weighted by Gasteiger charge is 2.22. The van der Waals surface area contributed by atoms with Gasteiger partial charge < -0.3 is 14.0 Å². The van der Waals surface area contributed by atoms with Crippen molar-refractivity contribution in [3.8, 4) is 11.5 Å². The number of hydrogen-bond acceptors (Lipinski definition) is 6. The van der Waals surface area contributed by atoms with E-state index >= 15 is 0 Å². The standard InChI is InChI=1S/C19H22N2O5/c1-5-8-15-11-14(12-17(24-6-2)19(15)25-7-3)9-10-16-18(21(22)23)13(4)20-26-16/h5,9-12H,1,6-8H2,2-4H3/b10-9-. The Labute approximate surface area is 152 Å². The molecule has 0 N–H and O–H groups in total. The molecule has 0 aliphatic heterocycles. The van der Waals surface area contributed by atoms with Crippen LogP contribution in [-0.2, 0) is 6.42 Å². The van der Waals surface area contributed by atoms with Crippen LogP contribution in [0.2, 0.25) is 0 Å². The van der Waals surface area contributed by atoms with Crippen molar-refractivity contribution < 1.29 is 18.9 Å². The number of aryl methyl sites for hydroxylation is 1. The summed E-state index contributed by atoms with van der Waals surface area (Å²) in [5.41, 5.74) is 1.83. The summed E-state index contributed by atoms with van der Waals surface area (Å²) in [7, 11) is 0. The fourth-order valence-electron chi connectivity index (χ4n) is 2.54. The molecule has 0 aliphatic rings. The molecule has 2 rings (SSSR count). The first-order chi connectivity index (χ1) is 12.5. The first-order valence-corrected chi connectivity index (χ1v) is 8.33. The minimum absolute atomic E-state index is 0.101. The summed E-state index contributed by atoms with van der Waals surface area (Å²) < 4.78 is 16.5. The molecule has 7 heteroatoms. The molecule has 0 bridgehead atoms. The normalized spacial score (nSPS) is 10.9. The smallest absolute Gasteiger partial charge is 0.338 e. The van der Waals surface area contributed by atoms with Crippen LogP contribution in [0.15, 0.2) is 29.3 Å². The van der Waals surface area contributed by atoms with E-state index in [0.717, 1.165) is 11.1 Å². The van der Waals surface area contributed by atoms with Crippen molar-refractivity contribution in [2.75, 3.05) is 13.2 Å². The maximum atomic E-state index is 11.1. The second-order valence-corrected chi connectivity index (χ2v) is 5.44. The van der Waals surface area contributed by atoms with Crippen molar-refractivity contribution in [1.82, 2.24) is 5.16 Å². The van der Waals surface area contributed by atoms with E-state index in [-0.39, 0.29) is 17.1 Å². The number of hydrogen-bond donors (Lipinski definition) is 0. The molecule has 26 heavy (non-hydrogen) atoms. The zero-order chi connectivity index (χ0) is 19.1. The summed E-state index contributed by atoms with van der Waals surface area (Å²) in [5, 5.41) is 14.8. The van der Waals surface area contributed by atoms with Gasteiger partial charge in [-0.1, -0.05) is 17.3 Å². The van der Waals surface area contributed by atoms with E-state index < -0.39 is 4.92 Å². The predicted octanol–water partition coefficient (Wildman–Crippen LogP) is 4.59. The van der Waals surface area contributed by atoms with E-state index in [4.69, 9.17) is 14.0 Å². The topological polar surface area (TPSA) is 87.6 Å². The number of nitrogens with zero attached hydrogens (tertiary/aromatic N) is 2. The lowest BCUT2D eigenvalue weighted by molar-refractivity contribution is -0.386. The van der Waals surface area contributed by atoms with Crippen LogP contribution in [0.25, 0.3) is 12.2 Å². The Hall–Kier alpha value is -3.09. The van der Waals surface area contributed by atoms with Crippen LogP contribution in [0.5, 0.6) is 11.5 Å². The monoisotopic (exact) mass is 358 g/mol. The summed E-state index contributed by atoms with van der Waals surface area (Å²) in [5.74, 6) is 1.41. The van der Waals surface area contributed by atoms with Gasteiger partial charge in [-0.15, -0.1) is 6.58 Å². The number of allylic oxidation sites excluding steroid dienone is 1. The molecule has 1 aromatic carbocycles. The van der Waals surface area contributed by atoms with Gasteiger partial charge in [-0.25, -0.2) is 0 Å². The number of aromatic nitrogens is 1. The Morgan fingerprint density at radius 3 is 2.62 bits per heavy atom. The lowest BCUT2D eigenvalue weighted by Gasteiger charge is -2.15. The van der Waals surface area contributed by atoms with E-state index in [1.54, 1.807) is 12.2 Å². The van der Waals surface area contributed by atoms with E-state index in [9.17, 15) is 10.1 Å². The first kappa shape index (κ1) is 19.2. The Kier molecular flexibility index (Phi) is 6.54. The van der Waals surface area contributed by atoms with E-state index in [2.05, 4.69) is 11.7 Å². The summed E-state index contributed by atoms with van der Waals surface area (Å²) in [6.07, 6.45) is 5.64. The van der Waals surface area contributed by atoms with Gasteiger partial charge in [0.1, 0.15) is 0 Å². The molecule has 0 saturated carbocycles. The van der Waals surface area contributed by atoms with Gasteiger partial charge in [0.25, 0.3) is 0 Å². The third-order valence-corrected chi connectivity index (χ3v) is 3.57. The summed E-state index contributed by atoms with van der Waals surface area (Å²) in [4.78, 5) is 10.6. The summed E-state index contributed by atoms with van der Waals surface area (Å²) in [6, 6.07) is 3.76. The largest absolute Gasteiger partial charge is 0.490 e. The molecule has 138 valence electrons. The third-order valence-electron chi connectivity index (χ3n) is 3.57. The Balaban J connectivity index is 2.46. The fraction of sp³-hybridized carbons (Fsp3) is 0.316. The van der Waals surface area contributed by atoms with Gasteiger partial charge in [0, 0.05) is 5.56 Å². The van der Waals surface area contributed by atoms with E-state index in [1.165, 1.54) is 13.0 Å². The van der Waals surface area contributed by atoms with Crippen molar-refractivity contribution in [2.45, 2.75) is 27.2 Å². The summed E-state index contributed by atoms with van der Waals surface area (Å²) in [6.45, 7) is 10.1. The predicted molar refractivity (Wildman–Crippen MR) is 99.5 cm³/mol. The average molecular weight is 358 g/mol. The van der Waals surface area contributed by atoms with Crippen LogP contribution in [0.4, 0.5) is 5.69 Å². The highest BCUT2D eigenvalue weighted by atomic mass is 16.6. The minimum Gasteiger partial charge on any atom is -0.490 e. The van der Waals surface area contributed by atoms with Gasteiger partial charge in [0.15, 0.2) is 17.2 Å². The van der Waals surface area contributed by atoms with Gasteiger partial charge in [0.2, 0.25) is 5.76 Å². The highest BCUT2D eigenvalue weighted by Crippen LogP contribution is 2.35. The summed E-state index contributed by atoms with van der Waals surface area (Å²) >= 11 is 0. The van der Waals surface area contributed by atoms with Crippen LogP contribution in [0.1, 0.15) is 36.4 Å². The third kappa shape index (κ3) is 4.30. The Bertz CT molecular complexity index is 824. The van der Waals surface area contributed by atoms with Crippen molar-refractivity contribution in [3.63, 3.8) is 0 Å².